The summed E-state index contributed by atoms with van der Waals surface area (Å²) in [6.45, 7) is 1.93. The maximum atomic E-state index is 12.3. The molecule has 0 spiro atoms. The summed E-state index contributed by atoms with van der Waals surface area (Å²) in [6, 6.07) is 15.2. The minimum Gasteiger partial charge on any atom is -0.300 e. The normalized spacial score (nSPS) is 11.0. The summed E-state index contributed by atoms with van der Waals surface area (Å²) in [6.07, 6.45) is 2.78. The minimum absolute atomic E-state index is 0.0914. The third-order valence-electron chi connectivity index (χ3n) is 4.42. The Bertz CT molecular complexity index is 1240. The first-order chi connectivity index (χ1) is 14.6. The van der Waals surface area contributed by atoms with Crippen LogP contribution in [0.1, 0.15) is 23.2 Å². The summed E-state index contributed by atoms with van der Waals surface area (Å²) in [5.74, 6) is 0.405. The van der Waals surface area contributed by atoms with Crippen LogP contribution >= 0.6 is 23.1 Å². The van der Waals surface area contributed by atoms with Gasteiger partial charge in [-0.1, -0.05) is 59.5 Å². The van der Waals surface area contributed by atoms with Crippen molar-refractivity contribution in [2.45, 2.75) is 29.9 Å². The first-order valence-electron chi connectivity index (χ1n) is 9.36. The van der Waals surface area contributed by atoms with Gasteiger partial charge >= 0.3 is 0 Å². The number of nitrogens with one attached hydrogen (secondary N) is 1. The fourth-order valence-electron chi connectivity index (χ4n) is 2.92. The molecule has 1 amide bonds. The number of pyridine rings is 1. The molecule has 152 valence electrons. The number of carbonyl (C=O) groups excluding carboxylic acids is 1. The average molecular weight is 438 g/mol. The highest BCUT2D eigenvalue weighted by atomic mass is 32.2. The molecule has 0 saturated carbocycles. The van der Waals surface area contributed by atoms with Crippen molar-refractivity contribution in [2.24, 2.45) is 0 Å². The number of carbonyl (C=O) groups is 1. The molecular weight excluding hydrogens is 418 g/mol. The Morgan fingerprint density at radius 1 is 1.17 bits per heavy atom. The van der Waals surface area contributed by atoms with Gasteiger partial charge in [-0.2, -0.15) is 0 Å². The van der Waals surface area contributed by atoms with Crippen molar-refractivity contribution in [2.75, 3.05) is 5.32 Å². The molecule has 0 radical (unpaired) electrons. The molecule has 0 aliphatic heterocycles. The molecule has 0 saturated heterocycles. The summed E-state index contributed by atoms with van der Waals surface area (Å²) in [5, 5.41) is 11.4. The number of benzene rings is 1. The fourth-order valence-corrected chi connectivity index (χ4v) is 4.58. The quantitative estimate of drug-likeness (QED) is 0.350. The van der Waals surface area contributed by atoms with E-state index < -0.39 is 0 Å². The molecule has 9 heteroatoms. The molecule has 0 atom stereocenters. The second-order valence-electron chi connectivity index (χ2n) is 6.67. The lowest BCUT2D eigenvalue weighted by atomic mass is 10.1. The number of amides is 1. The van der Waals surface area contributed by atoms with Crippen molar-refractivity contribution >= 4 is 39.8 Å². The zero-order chi connectivity index (χ0) is 20.9. The maximum absolute atomic E-state index is 12.3. The van der Waals surface area contributed by atoms with Gasteiger partial charge < -0.3 is 5.32 Å². The molecule has 0 aliphatic carbocycles. The summed E-state index contributed by atoms with van der Waals surface area (Å²) in [5.41, 5.74) is 3.29. The molecule has 3 aromatic heterocycles. The molecule has 1 aromatic carbocycles. The number of hydrogen-bond acceptors (Lipinski definition) is 7. The van der Waals surface area contributed by atoms with E-state index in [1.807, 2.05) is 49.4 Å². The lowest BCUT2D eigenvalue weighted by Gasteiger charge is -2.05. The van der Waals surface area contributed by atoms with Crippen LogP contribution < -0.4 is 10.9 Å². The molecule has 7 nitrogen and oxygen atoms in total. The van der Waals surface area contributed by atoms with E-state index in [0.717, 1.165) is 11.1 Å². The zero-order valence-electron chi connectivity index (χ0n) is 16.2. The number of aryl methyl sites for hydroxylation is 2. The molecule has 0 fully saturated rings. The van der Waals surface area contributed by atoms with E-state index in [9.17, 15) is 9.59 Å². The van der Waals surface area contributed by atoms with Crippen LogP contribution in [0.15, 0.2) is 63.9 Å². The van der Waals surface area contributed by atoms with E-state index in [1.165, 1.54) is 33.6 Å². The van der Waals surface area contributed by atoms with Gasteiger partial charge in [-0.05, 0) is 30.5 Å². The molecule has 30 heavy (non-hydrogen) atoms. The van der Waals surface area contributed by atoms with Crippen LogP contribution in [0.5, 0.6) is 0 Å². The number of rotatable bonds is 7. The first-order valence-corrected chi connectivity index (χ1v) is 11.2. The maximum Gasteiger partial charge on any atom is 0.258 e. The van der Waals surface area contributed by atoms with Crippen LogP contribution in [0, 0.1) is 6.92 Å². The van der Waals surface area contributed by atoms with Gasteiger partial charge in [-0.15, -0.1) is 10.2 Å². The van der Waals surface area contributed by atoms with Crippen molar-refractivity contribution in [3.63, 3.8) is 0 Å². The predicted molar refractivity (Wildman–Crippen MR) is 119 cm³/mol. The molecule has 3 heterocycles. The third kappa shape index (κ3) is 4.92. The summed E-state index contributed by atoms with van der Waals surface area (Å²) >= 11 is 2.75. The van der Waals surface area contributed by atoms with Crippen LogP contribution in [0.25, 0.3) is 5.65 Å². The third-order valence-corrected chi connectivity index (χ3v) is 6.42. The average Bonchev–Trinajstić information content (AvgIpc) is 3.19. The molecule has 1 N–H and O–H groups in total. The number of nitrogens with zero attached hydrogens (tertiary/aromatic N) is 4. The molecule has 4 aromatic rings. The molecule has 0 unspecified atom stereocenters. The Hall–Kier alpha value is -3.04. The van der Waals surface area contributed by atoms with Crippen LogP contribution in [0.3, 0.4) is 0 Å². The molecule has 0 aliphatic rings. The second-order valence-corrected chi connectivity index (χ2v) is 8.87. The predicted octanol–water partition coefficient (Wildman–Crippen LogP) is 3.72. The van der Waals surface area contributed by atoms with E-state index >= 15 is 0 Å². The van der Waals surface area contributed by atoms with E-state index in [1.54, 1.807) is 6.20 Å². The Kier molecular flexibility index (Phi) is 6.20. The number of fused-ring (bicyclic) bond motifs is 1. The number of thioether (sulfide) groups is 1. The Labute approximate surface area is 181 Å². The highest BCUT2D eigenvalue weighted by Gasteiger charge is 2.11. The van der Waals surface area contributed by atoms with Gasteiger partial charge in [0.2, 0.25) is 11.0 Å². The van der Waals surface area contributed by atoms with Gasteiger partial charge in [-0.25, -0.2) is 4.98 Å². The largest absolute Gasteiger partial charge is 0.300 e. The number of anilines is 1. The highest BCUT2D eigenvalue weighted by molar-refractivity contribution is 8.00. The van der Waals surface area contributed by atoms with Gasteiger partial charge in [0.25, 0.3) is 5.56 Å². The molecular formula is C21H19N5O2S2. The SMILES string of the molecule is Cc1cccn2c(=O)cc(CSc3nnc(NC(=O)CCc4ccccc4)s3)nc12. The van der Waals surface area contributed by atoms with Crippen molar-refractivity contribution in [1.29, 1.82) is 0 Å². The van der Waals surface area contributed by atoms with E-state index in [0.29, 0.717) is 39.4 Å². The fraction of sp³-hybridized carbons (Fsp3) is 0.190. The van der Waals surface area contributed by atoms with Gasteiger partial charge in [0.05, 0.1) is 5.69 Å². The Morgan fingerprint density at radius 2 is 2.00 bits per heavy atom. The van der Waals surface area contributed by atoms with E-state index in [-0.39, 0.29) is 11.5 Å². The first kappa shape index (κ1) is 20.2. The van der Waals surface area contributed by atoms with Crippen molar-refractivity contribution in [1.82, 2.24) is 19.6 Å². The van der Waals surface area contributed by atoms with Gasteiger partial charge in [-0.3, -0.25) is 14.0 Å². The van der Waals surface area contributed by atoms with Crippen molar-refractivity contribution < 1.29 is 4.79 Å². The van der Waals surface area contributed by atoms with Crippen LogP contribution in [-0.4, -0.2) is 25.5 Å². The number of aromatic nitrogens is 4. The smallest absolute Gasteiger partial charge is 0.258 e. The van der Waals surface area contributed by atoms with E-state index in [4.69, 9.17) is 0 Å². The summed E-state index contributed by atoms with van der Waals surface area (Å²) in [4.78, 5) is 29.0. The number of hydrogen-bond donors (Lipinski definition) is 1. The summed E-state index contributed by atoms with van der Waals surface area (Å²) in [7, 11) is 0. The molecule has 4 rings (SSSR count). The topological polar surface area (TPSA) is 89.3 Å². The Balaban J connectivity index is 1.34. The van der Waals surface area contributed by atoms with Crippen molar-refractivity contribution in [3.8, 4) is 0 Å². The lowest BCUT2D eigenvalue weighted by molar-refractivity contribution is -0.116. The van der Waals surface area contributed by atoms with Crippen LogP contribution in [-0.2, 0) is 17.0 Å². The van der Waals surface area contributed by atoms with Crippen molar-refractivity contribution in [3.05, 3.63) is 81.9 Å². The Morgan fingerprint density at radius 3 is 2.83 bits per heavy atom. The van der Waals surface area contributed by atoms with E-state index in [2.05, 4.69) is 20.5 Å². The summed E-state index contributed by atoms with van der Waals surface area (Å²) < 4.78 is 2.25. The lowest BCUT2D eigenvalue weighted by Crippen LogP contribution is -2.15. The van der Waals surface area contributed by atoms with Gasteiger partial charge in [0, 0.05) is 24.4 Å². The van der Waals surface area contributed by atoms with Gasteiger partial charge in [0.1, 0.15) is 5.65 Å². The second kappa shape index (κ2) is 9.19. The monoisotopic (exact) mass is 437 g/mol. The molecule has 0 bridgehead atoms. The highest BCUT2D eigenvalue weighted by Crippen LogP contribution is 2.28. The van der Waals surface area contributed by atoms with Crippen LogP contribution in [0.4, 0.5) is 5.13 Å². The standard InChI is InChI=1S/C21H19N5O2S2/c1-14-6-5-11-26-18(28)12-16(22-19(14)26)13-29-21-25-24-20(30-21)23-17(27)10-9-15-7-3-2-4-8-15/h2-8,11-12H,9-10,13H2,1H3,(H,23,24,27). The zero-order valence-corrected chi connectivity index (χ0v) is 17.9. The van der Waals surface area contributed by atoms with Gasteiger partial charge in [0.15, 0.2) is 4.34 Å². The minimum atomic E-state index is -0.108. The van der Waals surface area contributed by atoms with Crippen LogP contribution in [0.2, 0.25) is 0 Å².